The van der Waals surface area contributed by atoms with Crippen molar-refractivity contribution >= 4 is 24.3 Å². The topological polar surface area (TPSA) is 90.1 Å². The van der Waals surface area contributed by atoms with Crippen LogP contribution in [0.4, 0.5) is 4.39 Å². The van der Waals surface area contributed by atoms with Crippen LogP contribution in [0.5, 0.6) is 0 Å². The Morgan fingerprint density at radius 1 is 1.38 bits per heavy atom. The van der Waals surface area contributed by atoms with E-state index in [1.807, 2.05) is 0 Å². The van der Waals surface area contributed by atoms with Crippen molar-refractivity contribution in [2.45, 2.75) is 6.42 Å². The highest BCUT2D eigenvalue weighted by Gasteiger charge is 2.03. The molecule has 1 amide bonds. The van der Waals surface area contributed by atoms with Crippen molar-refractivity contribution in [1.82, 2.24) is 15.4 Å². The fraction of sp³-hybridized carbons (Fsp3) is 0.0769. The number of nitrogens with zero attached hydrogens (tertiary/aromatic N) is 1. The molecule has 0 atom stereocenters. The molecule has 2 aromatic rings. The summed E-state index contributed by atoms with van der Waals surface area (Å²) in [4.78, 5) is 27.8. The van der Waals surface area contributed by atoms with Gasteiger partial charge in [0, 0.05) is 17.3 Å². The first-order valence-electron chi connectivity index (χ1n) is 5.93. The van der Waals surface area contributed by atoms with Gasteiger partial charge >= 0.3 is 0 Å². The Bertz CT molecular complexity index is 769. The second-order valence-corrected chi connectivity index (χ2v) is 4.51. The fourth-order valence-electron chi connectivity index (χ4n) is 1.58. The van der Waals surface area contributed by atoms with Crippen LogP contribution in [0.3, 0.4) is 0 Å². The predicted octanol–water partition coefficient (Wildman–Crippen LogP) is 1.26. The first-order valence-corrected chi connectivity index (χ1v) is 6.34. The van der Waals surface area contributed by atoms with E-state index in [1.54, 1.807) is 12.1 Å². The van der Waals surface area contributed by atoms with E-state index < -0.39 is 17.3 Å². The van der Waals surface area contributed by atoms with Crippen molar-refractivity contribution in [3.05, 3.63) is 62.5 Å². The summed E-state index contributed by atoms with van der Waals surface area (Å²) in [5.41, 5.74) is 2.47. The van der Waals surface area contributed by atoms with Crippen molar-refractivity contribution in [1.29, 1.82) is 0 Å². The Balaban J connectivity index is 1.98. The molecule has 0 saturated carbocycles. The Kier molecular flexibility index (Phi) is 4.72. The van der Waals surface area contributed by atoms with Crippen LogP contribution < -0.4 is 11.0 Å². The lowest BCUT2D eigenvalue weighted by molar-refractivity contribution is -0.120. The number of hydrazone groups is 1. The lowest BCUT2D eigenvalue weighted by atomic mass is 10.2. The molecule has 1 aromatic heterocycles. The lowest BCUT2D eigenvalue weighted by Crippen LogP contribution is -2.21. The van der Waals surface area contributed by atoms with Gasteiger partial charge in [-0.1, -0.05) is 18.2 Å². The normalized spacial score (nSPS) is 10.7. The average molecular weight is 306 g/mol. The number of rotatable bonds is 4. The van der Waals surface area contributed by atoms with Crippen LogP contribution in [0.1, 0.15) is 11.3 Å². The zero-order valence-corrected chi connectivity index (χ0v) is 11.5. The van der Waals surface area contributed by atoms with Gasteiger partial charge in [0.15, 0.2) is 4.77 Å². The molecular weight excluding hydrogens is 295 g/mol. The van der Waals surface area contributed by atoms with Crippen LogP contribution in [0.2, 0.25) is 0 Å². The molecule has 8 heteroatoms. The van der Waals surface area contributed by atoms with Gasteiger partial charge in [0.05, 0.1) is 12.6 Å². The van der Waals surface area contributed by atoms with Crippen LogP contribution in [-0.2, 0) is 11.2 Å². The highest BCUT2D eigenvalue weighted by atomic mass is 32.1. The number of hydrogen-bond donors (Lipinski definition) is 3. The zero-order valence-electron chi connectivity index (χ0n) is 10.7. The Morgan fingerprint density at radius 3 is 2.86 bits per heavy atom. The van der Waals surface area contributed by atoms with E-state index in [0.717, 1.165) is 0 Å². The largest absolute Gasteiger partial charge is 0.335 e. The smallest absolute Gasteiger partial charge is 0.251 e. The Labute approximate surface area is 123 Å². The highest BCUT2D eigenvalue weighted by Crippen LogP contribution is 2.02. The maximum atomic E-state index is 13.3. The number of hydrogen-bond acceptors (Lipinski definition) is 4. The molecule has 108 valence electrons. The molecule has 1 aromatic carbocycles. The van der Waals surface area contributed by atoms with Gasteiger partial charge in [0.1, 0.15) is 5.82 Å². The highest BCUT2D eigenvalue weighted by molar-refractivity contribution is 7.71. The quantitative estimate of drug-likeness (QED) is 0.451. The van der Waals surface area contributed by atoms with Crippen molar-refractivity contribution in [2.75, 3.05) is 0 Å². The number of aromatic amines is 2. The molecule has 0 aliphatic heterocycles. The predicted molar refractivity (Wildman–Crippen MR) is 78.1 cm³/mol. The fourth-order valence-corrected chi connectivity index (χ4v) is 1.81. The second kappa shape index (κ2) is 6.71. The average Bonchev–Trinajstić information content (AvgIpc) is 2.39. The van der Waals surface area contributed by atoms with Crippen molar-refractivity contribution in [3.63, 3.8) is 0 Å². The summed E-state index contributed by atoms with van der Waals surface area (Å²) in [5, 5.41) is 3.65. The summed E-state index contributed by atoms with van der Waals surface area (Å²) in [6.45, 7) is 0. The number of nitrogens with one attached hydrogen (secondary N) is 3. The van der Waals surface area contributed by atoms with E-state index in [4.69, 9.17) is 12.2 Å². The molecule has 6 nitrogen and oxygen atoms in total. The van der Waals surface area contributed by atoms with Gasteiger partial charge < -0.3 is 4.98 Å². The van der Waals surface area contributed by atoms with Gasteiger partial charge in [0.2, 0.25) is 5.91 Å². The van der Waals surface area contributed by atoms with E-state index in [0.29, 0.717) is 5.69 Å². The Hall–Kier alpha value is -2.61. The number of amides is 1. The van der Waals surface area contributed by atoms with Crippen LogP contribution in [0.25, 0.3) is 0 Å². The molecule has 0 unspecified atom stereocenters. The van der Waals surface area contributed by atoms with Crippen LogP contribution in [0.15, 0.2) is 40.2 Å². The van der Waals surface area contributed by atoms with Crippen LogP contribution in [-0.4, -0.2) is 22.1 Å². The van der Waals surface area contributed by atoms with E-state index in [1.165, 1.54) is 24.4 Å². The summed E-state index contributed by atoms with van der Waals surface area (Å²) in [5.74, 6) is -0.895. The van der Waals surface area contributed by atoms with Crippen LogP contribution in [0, 0.1) is 10.6 Å². The molecule has 0 saturated heterocycles. The minimum atomic E-state index is -0.459. The van der Waals surface area contributed by atoms with Gasteiger partial charge in [-0.3, -0.25) is 14.6 Å². The van der Waals surface area contributed by atoms with Gasteiger partial charge in [-0.2, -0.15) is 5.10 Å². The third-order valence-electron chi connectivity index (χ3n) is 2.47. The number of carbonyl (C=O) groups excluding carboxylic acids is 1. The summed E-state index contributed by atoms with van der Waals surface area (Å²) in [7, 11) is 0. The maximum Gasteiger partial charge on any atom is 0.251 e. The molecule has 0 aliphatic rings. The molecule has 2 rings (SSSR count). The third kappa shape index (κ3) is 4.46. The van der Waals surface area contributed by atoms with E-state index in [2.05, 4.69) is 20.5 Å². The van der Waals surface area contributed by atoms with E-state index in [-0.39, 0.29) is 16.8 Å². The minimum absolute atomic E-state index is 0.0951. The molecular formula is C13H11FN4O2S. The van der Waals surface area contributed by atoms with Crippen molar-refractivity contribution < 1.29 is 9.18 Å². The molecule has 21 heavy (non-hydrogen) atoms. The first kappa shape index (κ1) is 14.8. The molecule has 1 heterocycles. The van der Waals surface area contributed by atoms with Crippen molar-refractivity contribution in [2.24, 2.45) is 5.10 Å². The number of halogens is 1. The summed E-state index contributed by atoms with van der Waals surface area (Å²) in [6, 6.07) is 7.26. The number of aromatic nitrogens is 2. The molecule has 0 aliphatic carbocycles. The number of H-pyrrole nitrogens is 2. The molecule has 0 fully saturated rings. The Morgan fingerprint density at radius 2 is 2.14 bits per heavy atom. The maximum absolute atomic E-state index is 13.3. The standard InChI is InChI=1S/C13H11FN4O2S/c14-10-4-2-1-3-8(10)7-15-18-12(20)6-9-5-11(19)17-13(21)16-9/h1-5,7H,6H2,(H,18,20)(H2,16,17,19,21)/b15-7-. The molecule has 3 N–H and O–H groups in total. The minimum Gasteiger partial charge on any atom is -0.335 e. The molecule has 0 spiro atoms. The number of benzene rings is 1. The van der Waals surface area contributed by atoms with Gasteiger partial charge in [-0.05, 0) is 18.3 Å². The van der Waals surface area contributed by atoms with Crippen molar-refractivity contribution in [3.8, 4) is 0 Å². The third-order valence-corrected chi connectivity index (χ3v) is 2.67. The van der Waals surface area contributed by atoms with E-state index in [9.17, 15) is 14.0 Å². The summed E-state index contributed by atoms with van der Waals surface area (Å²) in [6.07, 6.45) is 1.11. The van der Waals surface area contributed by atoms with Gasteiger partial charge in [0.25, 0.3) is 5.56 Å². The summed E-state index contributed by atoms with van der Waals surface area (Å²) >= 11 is 4.79. The number of carbonyl (C=O) groups is 1. The SMILES string of the molecule is O=C(Cc1cc(=O)[nH]c(=S)[nH]1)N/N=C\c1ccccc1F. The summed E-state index contributed by atoms with van der Waals surface area (Å²) < 4.78 is 13.4. The second-order valence-electron chi connectivity index (χ2n) is 4.10. The molecule has 0 bridgehead atoms. The van der Waals surface area contributed by atoms with Gasteiger partial charge in [-0.25, -0.2) is 9.82 Å². The van der Waals surface area contributed by atoms with E-state index >= 15 is 0 Å². The van der Waals surface area contributed by atoms with Gasteiger partial charge in [-0.15, -0.1) is 0 Å². The first-order chi connectivity index (χ1) is 10.0. The monoisotopic (exact) mass is 306 g/mol. The van der Waals surface area contributed by atoms with Crippen LogP contribution >= 0.6 is 12.2 Å². The lowest BCUT2D eigenvalue weighted by Gasteiger charge is -2.00. The molecule has 0 radical (unpaired) electrons. The zero-order chi connectivity index (χ0) is 15.2.